The molecule has 0 radical (unpaired) electrons. The minimum absolute atomic E-state index is 0.441. The van der Waals surface area contributed by atoms with Gasteiger partial charge >= 0.3 is 10.2 Å². The van der Waals surface area contributed by atoms with Crippen LogP contribution in [-0.2, 0) is 23.0 Å². The lowest BCUT2D eigenvalue weighted by Gasteiger charge is -1.96. The van der Waals surface area contributed by atoms with Gasteiger partial charge in [0.1, 0.15) is 5.75 Å². The van der Waals surface area contributed by atoms with Crippen LogP contribution in [0.1, 0.15) is 5.56 Å². The summed E-state index contributed by atoms with van der Waals surface area (Å²) < 4.78 is 35.6. The summed E-state index contributed by atoms with van der Waals surface area (Å²) in [6.45, 7) is 0. The standard InChI is InChI=1S/C10H9ClFNO2S/c1-13-5-7(6-16(12,14)15)9-3-2-8(11)4-10(9)13/h2-5H,6H2,1H3. The maximum absolute atomic E-state index is 12.6. The van der Waals surface area contributed by atoms with Crippen molar-refractivity contribution < 1.29 is 12.3 Å². The molecule has 0 N–H and O–H groups in total. The van der Waals surface area contributed by atoms with Gasteiger partial charge in [0.05, 0.1) is 0 Å². The molecule has 0 unspecified atom stereocenters. The summed E-state index contributed by atoms with van der Waals surface area (Å²) in [4.78, 5) is 0. The van der Waals surface area contributed by atoms with Gasteiger partial charge in [-0.3, -0.25) is 0 Å². The minimum atomic E-state index is -4.51. The van der Waals surface area contributed by atoms with E-state index in [1.54, 1.807) is 36.0 Å². The van der Waals surface area contributed by atoms with Crippen LogP contribution in [-0.4, -0.2) is 13.0 Å². The van der Waals surface area contributed by atoms with Crippen LogP contribution in [0.5, 0.6) is 0 Å². The van der Waals surface area contributed by atoms with E-state index < -0.39 is 16.0 Å². The van der Waals surface area contributed by atoms with Gasteiger partial charge in [0.15, 0.2) is 0 Å². The zero-order valence-corrected chi connectivity index (χ0v) is 10.0. The number of halogens is 2. The number of hydrogen-bond acceptors (Lipinski definition) is 2. The summed E-state index contributed by atoms with van der Waals surface area (Å²) in [5, 5.41) is 1.26. The van der Waals surface area contributed by atoms with Crippen LogP contribution in [0.3, 0.4) is 0 Å². The molecule has 0 saturated heterocycles. The lowest BCUT2D eigenvalue weighted by Crippen LogP contribution is -1.95. The molecule has 0 bridgehead atoms. The number of aryl methyl sites for hydroxylation is 1. The summed E-state index contributed by atoms with van der Waals surface area (Å²) in [7, 11) is -2.75. The molecule has 0 aliphatic heterocycles. The van der Waals surface area contributed by atoms with E-state index in [1.807, 2.05) is 0 Å². The Morgan fingerprint density at radius 1 is 1.44 bits per heavy atom. The highest BCUT2D eigenvalue weighted by molar-refractivity contribution is 7.85. The van der Waals surface area contributed by atoms with Crippen molar-refractivity contribution in [2.24, 2.45) is 7.05 Å². The van der Waals surface area contributed by atoms with Gasteiger partial charge in [0.2, 0.25) is 0 Å². The second-order valence-corrected chi connectivity index (χ2v) is 5.41. The van der Waals surface area contributed by atoms with Crippen LogP contribution in [0, 0.1) is 0 Å². The zero-order valence-electron chi connectivity index (χ0n) is 8.44. The van der Waals surface area contributed by atoms with Gasteiger partial charge in [-0.1, -0.05) is 17.7 Å². The molecule has 16 heavy (non-hydrogen) atoms. The average Bonchev–Trinajstić information content (AvgIpc) is 2.40. The van der Waals surface area contributed by atoms with Gasteiger partial charge in [0.25, 0.3) is 0 Å². The molecule has 2 aromatic rings. The number of benzene rings is 1. The van der Waals surface area contributed by atoms with E-state index in [0.717, 1.165) is 5.52 Å². The molecule has 0 saturated carbocycles. The molecule has 1 heterocycles. The van der Waals surface area contributed by atoms with Crippen LogP contribution in [0.15, 0.2) is 24.4 Å². The minimum Gasteiger partial charge on any atom is -0.350 e. The van der Waals surface area contributed by atoms with Gasteiger partial charge in [-0.15, -0.1) is 3.89 Å². The van der Waals surface area contributed by atoms with E-state index in [9.17, 15) is 12.3 Å². The largest absolute Gasteiger partial charge is 0.350 e. The normalized spacial score (nSPS) is 12.2. The molecule has 0 spiro atoms. The predicted molar refractivity (Wildman–Crippen MR) is 61.7 cm³/mol. The zero-order chi connectivity index (χ0) is 11.9. The van der Waals surface area contributed by atoms with Crippen LogP contribution < -0.4 is 0 Å². The van der Waals surface area contributed by atoms with Crippen molar-refractivity contribution in [3.05, 3.63) is 35.0 Å². The Balaban J connectivity index is 2.64. The highest BCUT2D eigenvalue weighted by atomic mass is 35.5. The monoisotopic (exact) mass is 261 g/mol. The maximum atomic E-state index is 12.6. The lowest BCUT2D eigenvalue weighted by atomic mass is 10.2. The number of nitrogens with zero attached hydrogens (tertiary/aromatic N) is 1. The SMILES string of the molecule is Cn1cc(CS(=O)(=O)F)c2ccc(Cl)cc21. The second kappa shape index (κ2) is 3.75. The first-order valence-electron chi connectivity index (χ1n) is 4.52. The topological polar surface area (TPSA) is 39.1 Å². The van der Waals surface area contributed by atoms with Crippen LogP contribution >= 0.6 is 11.6 Å². The first-order valence-corrected chi connectivity index (χ1v) is 6.46. The molecule has 0 aliphatic rings. The second-order valence-electron chi connectivity index (χ2n) is 3.61. The molecule has 0 aliphatic carbocycles. The fraction of sp³-hybridized carbons (Fsp3) is 0.200. The molecule has 0 fully saturated rings. The number of aromatic nitrogens is 1. The highest BCUT2D eigenvalue weighted by Crippen LogP contribution is 2.25. The molecular weight excluding hydrogens is 253 g/mol. The fourth-order valence-electron chi connectivity index (χ4n) is 1.74. The van der Waals surface area contributed by atoms with E-state index >= 15 is 0 Å². The molecule has 0 atom stereocenters. The number of rotatable bonds is 2. The van der Waals surface area contributed by atoms with Crippen molar-refractivity contribution in [3.63, 3.8) is 0 Å². The Labute approximate surface area is 97.7 Å². The molecule has 6 heteroatoms. The van der Waals surface area contributed by atoms with Crippen LogP contribution in [0.4, 0.5) is 3.89 Å². The van der Waals surface area contributed by atoms with Crippen molar-refractivity contribution in [2.45, 2.75) is 5.75 Å². The molecule has 1 aromatic heterocycles. The summed E-state index contributed by atoms with van der Waals surface area (Å²) in [5.41, 5.74) is 1.22. The predicted octanol–water partition coefficient (Wildman–Crippen LogP) is 2.63. The van der Waals surface area contributed by atoms with Crippen molar-refractivity contribution >= 4 is 32.7 Å². The quantitative estimate of drug-likeness (QED) is 0.780. The molecule has 0 amide bonds. The third-order valence-electron chi connectivity index (χ3n) is 2.36. The Hall–Kier alpha value is -1.07. The maximum Gasteiger partial charge on any atom is 0.306 e. The molecule has 86 valence electrons. The van der Waals surface area contributed by atoms with E-state index in [4.69, 9.17) is 11.6 Å². The van der Waals surface area contributed by atoms with Crippen molar-refractivity contribution in [2.75, 3.05) is 0 Å². The summed E-state index contributed by atoms with van der Waals surface area (Å²) >= 11 is 5.83. The van der Waals surface area contributed by atoms with Gasteiger partial charge in [-0.25, -0.2) is 0 Å². The smallest absolute Gasteiger partial charge is 0.306 e. The third-order valence-corrected chi connectivity index (χ3v) is 3.25. The van der Waals surface area contributed by atoms with Crippen molar-refractivity contribution in [3.8, 4) is 0 Å². The number of fused-ring (bicyclic) bond motifs is 1. The summed E-state index contributed by atoms with van der Waals surface area (Å²) in [6.07, 6.45) is 1.60. The molecule has 3 nitrogen and oxygen atoms in total. The molecule has 1 aromatic carbocycles. The Kier molecular flexibility index (Phi) is 2.67. The fourth-order valence-corrected chi connectivity index (χ4v) is 2.51. The molecule has 2 rings (SSSR count). The Morgan fingerprint density at radius 3 is 2.75 bits per heavy atom. The average molecular weight is 262 g/mol. The first kappa shape index (κ1) is 11.4. The first-order chi connectivity index (χ1) is 7.37. The lowest BCUT2D eigenvalue weighted by molar-refractivity contribution is 0.551. The highest BCUT2D eigenvalue weighted by Gasteiger charge is 2.14. The summed E-state index contributed by atoms with van der Waals surface area (Å²) in [6, 6.07) is 5.06. The Morgan fingerprint density at radius 2 is 2.12 bits per heavy atom. The Bertz CT molecular complexity index is 648. The van der Waals surface area contributed by atoms with Crippen LogP contribution in [0.25, 0.3) is 10.9 Å². The molecular formula is C10H9ClFNO2S. The van der Waals surface area contributed by atoms with Crippen LogP contribution in [0.2, 0.25) is 5.02 Å². The van der Waals surface area contributed by atoms with Gasteiger partial charge < -0.3 is 4.57 Å². The van der Waals surface area contributed by atoms with Gasteiger partial charge in [-0.05, 0) is 17.7 Å². The third kappa shape index (κ3) is 2.20. The van der Waals surface area contributed by atoms with E-state index in [-0.39, 0.29) is 0 Å². The van der Waals surface area contributed by atoms with Crippen molar-refractivity contribution in [1.82, 2.24) is 4.57 Å². The van der Waals surface area contributed by atoms with E-state index in [2.05, 4.69) is 0 Å². The summed E-state index contributed by atoms with van der Waals surface area (Å²) in [5.74, 6) is -0.605. The van der Waals surface area contributed by atoms with E-state index in [0.29, 0.717) is 16.0 Å². The van der Waals surface area contributed by atoms with E-state index in [1.165, 1.54) is 0 Å². The van der Waals surface area contributed by atoms with Gasteiger partial charge in [0, 0.05) is 29.2 Å². The van der Waals surface area contributed by atoms with Crippen molar-refractivity contribution in [1.29, 1.82) is 0 Å². The van der Waals surface area contributed by atoms with Gasteiger partial charge in [-0.2, -0.15) is 8.42 Å². The number of hydrogen-bond donors (Lipinski definition) is 0.